The Morgan fingerprint density at radius 3 is 3.06 bits per heavy atom. The Bertz CT molecular complexity index is 555. The Morgan fingerprint density at radius 2 is 2.35 bits per heavy atom. The second kappa shape index (κ2) is 4.98. The number of nitrogens with zero attached hydrogens (tertiary/aromatic N) is 2. The number of carboxylic acids is 1. The summed E-state index contributed by atoms with van der Waals surface area (Å²) in [5.74, 6) is -0.228. The first-order chi connectivity index (χ1) is 8.06. The minimum atomic E-state index is -0.804. The van der Waals surface area contributed by atoms with Gasteiger partial charge in [0.1, 0.15) is 5.65 Å². The third kappa shape index (κ3) is 2.92. The van der Waals surface area contributed by atoms with E-state index in [1.54, 1.807) is 19.2 Å². The number of aliphatic carboxylic acids is 1. The first kappa shape index (κ1) is 12.3. The molecule has 2 rings (SSSR count). The van der Waals surface area contributed by atoms with Crippen molar-refractivity contribution in [3.8, 4) is 0 Å². The van der Waals surface area contributed by atoms with E-state index in [1.165, 1.54) is 11.8 Å². The van der Waals surface area contributed by atoms with Crippen molar-refractivity contribution in [2.75, 3.05) is 0 Å². The van der Waals surface area contributed by atoms with Crippen LogP contribution in [0.5, 0.6) is 0 Å². The van der Waals surface area contributed by atoms with Gasteiger partial charge in [0, 0.05) is 18.1 Å². The van der Waals surface area contributed by atoms with E-state index in [4.69, 9.17) is 16.7 Å². The number of carboxylic acid groups (broad SMARTS) is 1. The zero-order valence-corrected chi connectivity index (χ0v) is 10.7. The van der Waals surface area contributed by atoms with E-state index >= 15 is 0 Å². The number of fused-ring (bicyclic) bond motifs is 1. The maximum Gasteiger partial charge on any atom is 0.316 e. The van der Waals surface area contributed by atoms with Gasteiger partial charge in [0.15, 0.2) is 0 Å². The molecule has 0 aliphatic carbocycles. The fraction of sp³-hybridized carbons (Fsp3) is 0.273. The van der Waals surface area contributed by atoms with Crippen LogP contribution in [0, 0.1) is 0 Å². The number of hydrogen-bond acceptors (Lipinski definition) is 3. The molecule has 0 unspecified atom stereocenters. The lowest BCUT2D eigenvalue weighted by Crippen LogP contribution is -2.11. The summed E-state index contributed by atoms with van der Waals surface area (Å²) < 4.78 is 1.84. The van der Waals surface area contributed by atoms with E-state index in [9.17, 15) is 4.79 Å². The minimum absolute atomic E-state index is 0.427. The van der Waals surface area contributed by atoms with Gasteiger partial charge in [0.05, 0.1) is 16.0 Å². The van der Waals surface area contributed by atoms with Crippen molar-refractivity contribution in [3.63, 3.8) is 0 Å². The van der Waals surface area contributed by atoms with E-state index in [0.29, 0.717) is 10.8 Å². The number of carbonyl (C=O) groups is 1. The van der Waals surface area contributed by atoms with E-state index in [0.717, 1.165) is 11.3 Å². The number of rotatable bonds is 4. The summed E-state index contributed by atoms with van der Waals surface area (Å²) in [5, 5.41) is 8.99. The molecule has 0 bridgehead atoms. The smallest absolute Gasteiger partial charge is 0.316 e. The first-order valence-corrected chi connectivity index (χ1v) is 6.46. The average Bonchev–Trinajstić information content (AvgIpc) is 2.67. The highest BCUT2D eigenvalue weighted by Gasteiger charge is 2.12. The monoisotopic (exact) mass is 270 g/mol. The molecular formula is C11H11ClN2O2S. The largest absolute Gasteiger partial charge is 0.480 e. The van der Waals surface area contributed by atoms with Crippen molar-refractivity contribution in [2.45, 2.75) is 17.9 Å². The Balaban J connectivity index is 2.12. The summed E-state index contributed by atoms with van der Waals surface area (Å²) in [5.41, 5.74) is 1.67. The van der Waals surface area contributed by atoms with Crippen molar-refractivity contribution < 1.29 is 9.90 Å². The molecule has 1 N–H and O–H groups in total. The third-order valence-corrected chi connectivity index (χ3v) is 3.68. The summed E-state index contributed by atoms with van der Waals surface area (Å²) in [6.45, 7) is 1.67. The van der Waals surface area contributed by atoms with Gasteiger partial charge in [-0.3, -0.25) is 4.79 Å². The summed E-state index contributed by atoms with van der Waals surface area (Å²) in [4.78, 5) is 15.0. The molecule has 0 amide bonds. The maximum atomic E-state index is 10.7. The molecule has 0 fully saturated rings. The first-order valence-electron chi connectivity index (χ1n) is 5.04. The predicted octanol–water partition coefficient (Wildman–Crippen LogP) is 2.69. The Labute approximate surface area is 108 Å². The lowest BCUT2D eigenvalue weighted by Gasteiger charge is -2.02. The molecule has 1 atom stereocenters. The second-order valence-corrected chi connectivity index (χ2v) is 5.40. The number of aromatic nitrogens is 2. The van der Waals surface area contributed by atoms with Gasteiger partial charge in [-0.05, 0) is 19.1 Å². The summed E-state index contributed by atoms with van der Waals surface area (Å²) in [6, 6.07) is 3.61. The lowest BCUT2D eigenvalue weighted by molar-refractivity contribution is -0.136. The van der Waals surface area contributed by atoms with Gasteiger partial charge in [0.25, 0.3) is 0 Å². The zero-order chi connectivity index (χ0) is 12.4. The quantitative estimate of drug-likeness (QED) is 0.928. The standard InChI is InChI=1S/C11H11ClN2O2S/c1-7(11(15)16)17-6-9-5-14-4-8(12)2-3-10(14)13-9/h2-5,7H,6H2,1H3,(H,15,16)/t7-/m0/s1. The molecule has 0 aliphatic heterocycles. The normalized spacial score (nSPS) is 12.8. The average molecular weight is 271 g/mol. The van der Waals surface area contributed by atoms with Gasteiger partial charge in [-0.2, -0.15) is 0 Å². The molecule has 90 valence electrons. The van der Waals surface area contributed by atoms with Crippen molar-refractivity contribution >= 4 is 35.0 Å². The number of thioether (sulfide) groups is 1. The molecule has 6 heteroatoms. The predicted molar refractivity (Wildman–Crippen MR) is 68.6 cm³/mol. The van der Waals surface area contributed by atoms with Crippen LogP contribution < -0.4 is 0 Å². The summed E-state index contributed by atoms with van der Waals surface area (Å²) >= 11 is 7.21. The molecule has 17 heavy (non-hydrogen) atoms. The van der Waals surface area contributed by atoms with E-state index in [-0.39, 0.29) is 0 Å². The molecule has 2 aromatic heterocycles. The molecule has 0 saturated carbocycles. The Kier molecular flexibility index (Phi) is 3.59. The van der Waals surface area contributed by atoms with E-state index in [2.05, 4.69) is 4.98 Å². The Hall–Kier alpha value is -1.20. The van der Waals surface area contributed by atoms with Gasteiger partial charge in [-0.15, -0.1) is 11.8 Å². The topological polar surface area (TPSA) is 54.6 Å². The zero-order valence-electron chi connectivity index (χ0n) is 9.13. The highest BCUT2D eigenvalue weighted by atomic mass is 35.5. The number of imidazole rings is 1. The maximum absolute atomic E-state index is 10.7. The van der Waals surface area contributed by atoms with Gasteiger partial charge in [-0.25, -0.2) is 4.98 Å². The summed E-state index contributed by atoms with van der Waals surface area (Å²) in [7, 11) is 0. The van der Waals surface area contributed by atoms with Crippen LogP contribution >= 0.6 is 23.4 Å². The highest BCUT2D eigenvalue weighted by Crippen LogP contribution is 2.18. The number of halogens is 1. The van der Waals surface area contributed by atoms with Gasteiger partial charge in [-0.1, -0.05) is 11.6 Å². The molecule has 2 aromatic rings. The van der Waals surface area contributed by atoms with Crippen LogP contribution in [0.25, 0.3) is 5.65 Å². The Morgan fingerprint density at radius 1 is 1.59 bits per heavy atom. The van der Waals surface area contributed by atoms with Crippen LogP contribution in [0.4, 0.5) is 0 Å². The van der Waals surface area contributed by atoms with Crippen LogP contribution in [0.1, 0.15) is 12.6 Å². The molecule has 2 heterocycles. The minimum Gasteiger partial charge on any atom is -0.480 e. The SMILES string of the molecule is C[C@H](SCc1cn2cc(Cl)ccc2n1)C(=O)O. The molecule has 0 spiro atoms. The van der Waals surface area contributed by atoms with E-state index in [1.807, 2.05) is 16.7 Å². The number of pyridine rings is 1. The summed E-state index contributed by atoms with van der Waals surface area (Å²) in [6.07, 6.45) is 3.64. The van der Waals surface area contributed by atoms with Gasteiger partial charge < -0.3 is 9.51 Å². The van der Waals surface area contributed by atoms with Crippen LogP contribution in [0.2, 0.25) is 5.02 Å². The molecule has 0 aliphatic rings. The molecule has 4 nitrogen and oxygen atoms in total. The van der Waals surface area contributed by atoms with Crippen molar-refractivity contribution in [2.24, 2.45) is 0 Å². The molecule has 0 aromatic carbocycles. The highest BCUT2D eigenvalue weighted by molar-refractivity contribution is 7.99. The fourth-order valence-corrected chi connectivity index (χ4v) is 2.24. The lowest BCUT2D eigenvalue weighted by atomic mass is 10.5. The van der Waals surface area contributed by atoms with Crippen LogP contribution in [0.15, 0.2) is 24.5 Å². The van der Waals surface area contributed by atoms with Crippen molar-refractivity contribution in [1.29, 1.82) is 0 Å². The van der Waals surface area contributed by atoms with Crippen molar-refractivity contribution in [1.82, 2.24) is 9.38 Å². The van der Waals surface area contributed by atoms with Gasteiger partial charge in [0.2, 0.25) is 0 Å². The number of hydrogen-bond donors (Lipinski definition) is 1. The molecule has 0 saturated heterocycles. The fourth-order valence-electron chi connectivity index (χ4n) is 1.37. The van der Waals surface area contributed by atoms with Crippen molar-refractivity contribution in [3.05, 3.63) is 35.2 Å². The van der Waals surface area contributed by atoms with Crippen LogP contribution in [-0.4, -0.2) is 25.7 Å². The second-order valence-electron chi connectivity index (χ2n) is 3.64. The van der Waals surface area contributed by atoms with E-state index < -0.39 is 11.2 Å². The molecule has 0 radical (unpaired) electrons. The van der Waals surface area contributed by atoms with Crippen LogP contribution in [-0.2, 0) is 10.5 Å². The third-order valence-electron chi connectivity index (χ3n) is 2.29. The molecular weight excluding hydrogens is 260 g/mol. The van der Waals surface area contributed by atoms with Crippen LogP contribution in [0.3, 0.4) is 0 Å². The van der Waals surface area contributed by atoms with Gasteiger partial charge >= 0.3 is 5.97 Å².